The Bertz CT molecular complexity index is 739. The third-order valence-corrected chi connectivity index (χ3v) is 7.09. The van der Waals surface area contributed by atoms with E-state index in [0.717, 1.165) is 12.8 Å². The average Bonchev–Trinajstić information content (AvgIpc) is 3.41. The highest BCUT2D eigenvalue weighted by atomic mass is 16.8. The van der Waals surface area contributed by atoms with E-state index in [1.807, 2.05) is 0 Å². The summed E-state index contributed by atoms with van der Waals surface area (Å²) in [5, 5.41) is 0. The van der Waals surface area contributed by atoms with E-state index in [2.05, 4.69) is 27.0 Å². The van der Waals surface area contributed by atoms with E-state index < -0.39 is 35.7 Å². The molecule has 0 aromatic carbocycles. The SMILES string of the molecule is C=C(C)C(=O)OCC1COC2(O1)C1CCC(C1(C)C)C21OCC(COC(=O)C(=C)C)O1. The number of rotatable bonds is 6. The topological polar surface area (TPSA) is 89.5 Å². The van der Waals surface area contributed by atoms with E-state index >= 15 is 0 Å². The van der Waals surface area contributed by atoms with Crippen molar-refractivity contribution in [2.45, 2.75) is 64.3 Å². The number of hydrogen-bond acceptors (Lipinski definition) is 8. The number of carbonyl (C=O) groups is 2. The zero-order chi connectivity index (χ0) is 22.6. The molecule has 172 valence electrons. The van der Waals surface area contributed by atoms with Crippen molar-refractivity contribution in [1.82, 2.24) is 0 Å². The van der Waals surface area contributed by atoms with Crippen LogP contribution in [0.3, 0.4) is 0 Å². The maximum absolute atomic E-state index is 11.8. The number of esters is 2. The molecule has 0 amide bonds. The minimum absolute atomic E-state index is 0.0589. The Morgan fingerprint density at radius 1 is 0.839 bits per heavy atom. The second-order valence-corrected chi connectivity index (χ2v) is 9.70. The van der Waals surface area contributed by atoms with E-state index in [1.54, 1.807) is 13.8 Å². The predicted molar refractivity (Wildman–Crippen MR) is 109 cm³/mol. The van der Waals surface area contributed by atoms with Crippen molar-refractivity contribution in [3.63, 3.8) is 0 Å². The smallest absolute Gasteiger partial charge is 0.333 e. The predicted octanol–water partition coefficient (Wildman–Crippen LogP) is 2.51. The van der Waals surface area contributed by atoms with Gasteiger partial charge in [-0.1, -0.05) is 27.0 Å². The molecule has 4 rings (SSSR count). The summed E-state index contributed by atoms with van der Waals surface area (Å²) in [6.07, 6.45) is 1.00. The van der Waals surface area contributed by atoms with Crippen molar-refractivity contribution in [1.29, 1.82) is 0 Å². The lowest BCUT2D eigenvalue weighted by Crippen LogP contribution is -2.60. The van der Waals surface area contributed by atoms with Gasteiger partial charge in [-0.25, -0.2) is 9.59 Å². The summed E-state index contributed by atoms with van der Waals surface area (Å²) in [5.41, 5.74) is 0.536. The van der Waals surface area contributed by atoms with Gasteiger partial charge in [-0.2, -0.15) is 0 Å². The Kier molecular flexibility index (Phi) is 5.57. The second kappa shape index (κ2) is 7.69. The molecule has 4 fully saturated rings. The second-order valence-electron chi connectivity index (χ2n) is 9.70. The number of carbonyl (C=O) groups excluding carboxylic acids is 2. The fraction of sp³-hybridized carbons (Fsp3) is 0.739. The fourth-order valence-electron chi connectivity index (χ4n) is 5.71. The molecule has 31 heavy (non-hydrogen) atoms. The summed E-state index contributed by atoms with van der Waals surface area (Å²) in [4.78, 5) is 23.6. The van der Waals surface area contributed by atoms with E-state index in [4.69, 9.17) is 28.4 Å². The van der Waals surface area contributed by atoms with Crippen LogP contribution in [0.5, 0.6) is 0 Å². The normalized spacial score (nSPS) is 39.9. The van der Waals surface area contributed by atoms with Gasteiger partial charge in [0.1, 0.15) is 25.4 Å². The first-order valence-corrected chi connectivity index (χ1v) is 10.8. The molecular weight excluding hydrogens is 404 g/mol. The zero-order valence-corrected chi connectivity index (χ0v) is 18.7. The first-order valence-electron chi connectivity index (χ1n) is 10.8. The van der Waals surface area contributed by atoms with E-state index in [1.165, 1.54) is 0 Å². The van der Waals surface area contributed by atoms with Gasteiger partial charge in [0.2, 0.25) is 11.6 Å². The molecule has 2 saturated carbocycles. The van der Waals surface area contributed by atoms with Crippen LogP contribution < -0.4 is 0 Å². The molecule has 0 aromatic heterocycles. The zero-order valence-electron chi connectivity index (χ0n) is 18.7. The van der Waals surface area contributed by atoms with Gasteiger partial charge >= 0.3 is 11.9 Å². The van der Waals surface area contributed by atoms with Crippen molar-refractivity contribution in [3.8, 4) is 0 Å². The van der Waals surface area contributed by atoms with E-state index in [0.29, 0.717) is 11.1 Å². The van der Waals surface area contributed by atoms with Crippen LogP contribution in [0.2, 0.25) is 0 Å². The lowest BCUT2D eigenvalue weighted by atomic mass is 9.81. The molecule has 8 heteroatoms. The lowest BCUT2D eigenvalue weighted by Gasteiger charge is -2.45. The molecule has 8 nitrogen and oxygen atoms in total. The summed E-state index contributed by atoms with van der Waals surface area (Å²) in [7, 11) is 0. The Hall–Kier alpha value is -1.74. The third kappa shape index (κ3) is 3.35. The van der Waals surface area contributed by atoms with E-state index in [-0.39, 0.29) is 43.7 Å². The van der Waals surface area contributed by atoms with Crippen LogP contribution in [0, 0.1) is 17.3 Å². The van der Waals surface area contributed by atoms with Gasteiger partial charge in [0.15, 0.2) is 0 Å². The maximum atomic E-state index is 11.8. The van der Waals surface area contributed by atoms with Crippen molar-refractivity contribution >= 4 is 11.9 Å². The van der Waals surface area contributed by atoms with Crippen LogP contribution in [0.15, 0.2) is 24.3 Å². The Morgan fingerprint density at radius 2 is 1.23 bits per heavy atom. The van der Waals surface area contributed by atoms with Crippen molar-refractivity contribution in [2.24, 2.45) is 17.3 Å². The lowest BCUT2D eigenvalue weighted by molar-refractivity contribution is -0.373. The van der Waals surface area contributed by atoms with Crippen LogP contribution >= 0.6 is 0 Å². The molecule has 0 aromatic rings. The largest absolute Gasteiger partial charge is 0.459 e. The highest BCUT2D eigenvalue weighted by Crippen LogP contribution is 2.71. The van der Waals surface area contributed by atoms with Crippen LogP contribution in [0.25, 0.3) is 0 Å². The quantitative estimate of drug-likeness (QED) is 0.464. The third-order valence-electron chi connectivity index (χ3n) is 7.09. The fourth-order valence-corrected chi connectivity index (χ4v) is 5.71. The van der Waals surface area contributed by atoms with Gasteiger partial charge in [-0.05, 0) is 32.1 Å². The number of hydrogen-bond donors (Lipinski definition) is 0. The Morgan fingerprint density at radius 3 is 1.58 bits per heavy atom. The molecule has 0 N–H and O–H groups in total. The number of ether oxygens (including phenoxy) is 6. The monoisotopic (exact) mass is 436 g/mol. The van der Waals surface area contributed by atoms with E-state index in [9.17, 15) is 9.59 Å². The van der Waals surface area contributed by atoms with Gasteiger partial charge in [0.05, 0.1) is 13.2 Å². The van der Waals surface area contributed by atoms with Crippen LogP contribution in [0.4, 0.5) is 0 Å². The summed E-state index contributed by atoms with van der Waals surface area (Å²) in [5.74, 6) is -2.98. The minimum Gasteiger partial charge on any atom is -0.459 e. The standard InChI is InChI=1S/C23H32O8/c1-13(2)19(24)26-9-15-11-28-22(30-15)17-7-8-18(21(17,5)6)23(22)29-12-16(31-23)10-27-20(25)14(3)4/h15-18H,1,3,7-12H2,2,4-6H3. The molecule has 0 radical (unpaired) electrons. The van der Waals surface area contributed by atoms with Gasteiger partial charge in [-0.3, -0.25) is 0 Å². The highest BCUT2D eigenvalue weighted by Gasteiger charge is 2.82. The van der Waals surface area contributed by atoms with Crippen molar-refractivity contribution < 1.29 is 38.0 Å². The first kappa shape index (κ1) is 22.5. The van der Waals surface area contributed by atoms with Crippen molar-refractivity contribution in [2.75, 3.05) is 26.4 Å². The summed E-state index contributed by atoms with van der Waals surface area (Å²) < 4.78 is 36.1. The Labute approximate surface area is 182 Å². The minimum atomic E-state index is -1.09. The van der Waals surface area contributed by atoms with Crippen LogP contribution in [0.1, 0.15) is 40.5 Å². The van der Waals surface area contributed by atoms with Gasteiger partial charge in [0.25, 0.3) is 0 Å². The average molecular weight is 437 g/mol. The molecule has 6 atom stereocenters. The van der Waals surface area contributed by atoms with Gasteiger partial charge < -0.3 is 28.4 Å². The molecule has 6 unspecified atom stereocenters. The molecule has 2 aliphatic carbocycles. The summed E-state index contributed by atoms with van der Waals surface area (Å²) >= 11 is 0. The molecule has 4 aliphatic rings. The first-order chi connectivity index (χ1) is 14.5. The van der Waals surface area contributed by atoms with Crippen molar-refractivity contribution in [3.05, 3.63) is 24.3 Å². The van der Waals surface area contributed by atoms with Gasteiger partial charge in [0, 0.05) is 23.0 Å². The number of fused-ring (bicyclic) bond motifs is 5. The van der Waals surface area contributed by atoms with Crippen LogP contribution in [-0.4, -0.2) is 62.1 Å². The molecular formula is C23H32O8. The Balaban J connectivity index is 1.52. The summed E-state index contributed by atoms with van der Waals surface area (Å²) in [6.45, 7) is 15.5. The molecule has 2 aliphatic heterocycles. The maximum Gasteiger partial charge on any atom is 0.333 e. The molecule has 2 saturated heterocycles. The molecule has 2 heterocycles. The van der Waals surface area contributed by atoms with Gasteiger partial charge in [-0.15, -0.1) is 0 Å². The summed E-state index contributed by atoms with van der Waals surface area (Å²) in [6, 6.07) is 0. The van der Waals surface area contributed by atoms with Crippen LogP contribution in [-0.2, 0) is 38.0 Å². The molecule has 2 spiro atoms. The molecule has 2 bridgehead atoms. The highest BCUT2D eigenvalue weighted by molar-refractivity contribution is 5.87.